The summed E-state index contributed by atoms with van der Waals surface area (Å²) in [6, 6.07) is 14.0. The number of carboxylic acids is 1. The second kappa shape index (κ2) is 13.6. The zero-order chi connectivity index (χ0) is 32.8. The molecule has 45 heavy (non-hydrogen) atoms. The Morgan fingerprint density at radius 2 is 1.16 bits per heavy atom. The summed E-state index contributed by atoms with van der Waals surface area (Å²) in [5.41, 5.74) is 1.62. The zero-order valence-corrected chi connectivity index (χ0v) is 24.7. The number of methoxy groups -OCH3 is 3. The number of rotatable bonds is 11. The zero-order valence-electron chi connectivity index (χ0n) is 24.7. The summed E-state index contributed by atoms with van der Waals surface area (Å²) in [4.78, 5) is 37.6. The largest absolute Gasteiger partial charge is 0.504 e. The van der Waals surface area contributed by atoms with E-state index in [9.17, 15) is 34.8 Å². The molecule has 234 valence electrons. The van der Waals surface area contributed by atoms with Crippen LogP contribution in [0, 0.1) is 6.92 Å². The molecule has 4 rings (SSSR count). The third kappa shape index (κ3) is 7.02. The molecule has 4 N–H and O–H groups in total. The number of carbonyl (C=O) groups is 3. The quantitative estimate of drug-likeness (QED) is 0.161. The summed E-state index contributed by atoms with van der Waals surface area (Å²) in [5, 5.41) is 40.5. The number of aromatic hydroxyl groups is 3. The molecule has 0 radical (unpaired) electrons. The lowest BCUT2D eigenvalue weighted by Gasteiger charge is -2.16. The SMILES string of the molecule is COc1cc(C(=O)OCc2cc(COC(=O)c3ccc(O)c(OC)c3)cc(-c3cc(C(=O)O)c(C)c(OC)c3O)c2)ccc1O. The van der Waals surface area contributed by atoms with Crippen molar-refractivity contribution in [2.24, 2.45) is 0 Å². The molecule has 0 unspecified atom stereocenters. The average molecular weight is 619 g/mol. The molecule has 0 spiro atoms. The van der Waals surface area contributed by atoms with Crippen LogP contribution in [0.4, 0.5) is 0 Å². The fraction of sp³-hybridized carbons (Fsp3) is 0.182. The van der Waals surface area contributed by atoms with E-state index < -0.39 is 17.9 Å². The maximum atomic E-state index is 12.8. The van der Waals surface area contributed by atoms with Crippen LogP contribution < -0.4 is 14.2 Å². The minimum Gasteiger partial charge on any atom is -0.504 e. The van der Waals surface area contributed by atoms with E-state index in [0.29, 0.717) is 16.7 Å². The normalized spacial score (nSPS) is 10.6. The summed E-state index contributed by atoms with van der Waals surface area (Å²) in [7, 11) is 3.98. The van der Waals surface area contributed by atoms with Crippen LogP contribution in [0.15, 0.2) is 60.7 Å². The fourth-order valence-corrected chi connectivity index (χ4v) is 4.59. The van der Waals surface area contributed by atoms with Gasteiger partial charge in [-0.3, -0.25) is 0 Å². The van der Waals surface area contributed by atoms with Crippen LogP contribution in [0.3, 0.4) is 0 Å². The van der Waals surface area contributed by atoms with E-state index in [-0.39, 0.29) is 75.5 Å². The maximum absolute atomic E-state index is 12.8. The standard InChI is InChI=1S/C33H30O12/c1-17-23(31(37)38)14-24(29(36)30(17)43-4)22-10-18(15-44-32(39)20-5-7-25(34)27(12-20)41-2)9-19(11-22)16-45-33(40)21-6-8-26(35)28(13-21)42-3/h5-14,34-36H,15-16H2,1-4H3,(H,37,38). The lowest BCUT2D eigenvalue weighted by molar-refractivity contribution is 0.0471. The Bertz CT molecular complexity index is 1690. The van der Waals surface area contributed by atoms with Gasteiger partial charge in [-0.25, -0.2) is 14.4 Å². The van der Waals surface area contributed by atoms with Crippen molar-refractivity contribution in [1.29, 1.82) is 0 Å². The predicted molar refractivity (Wildman–Crippen MR) is 159 cm³/mol. The Kier molecular flexibility index (Phi) is 9.67. The number of hydrogen-bond donors (Lipinski definition) is 4. The fourth-order valence-electron chi connectivity index (χ4n) is 4.59. The van der Waals surface area contributed by atoms with Crippen LogP contribution in [0.1, 0.15) is 47.8 Å². The third-order valence-corrected chi connectivity index (χ3v) is 6.87. The Morgan fingerprint density at radius 3 is 1.58 bits per heavy atom. The van der Waals surface area contributed by atoms with Gasteiger partial charge in [0.25, 0.3) is 0 Å². The van der Waals surface area contributed by atoms with E-state index in [2.05, 4.69) is 0 Å². The van der Waals surface area contributed by atoms with Gasteiger partial charge in [-0.15, -0.1) is 0 Å². The molecule has 0 amide bonds. The smallest absolute Gasteiger partial charge is 0.338 e. The van der Waals surface area contributed by atoms with Crippen molar-refractivity contribution in [1.82, 2.24) is 0 Å². The van der Waals surface area contributed by atoms with Crippen LogP contribution in [0.2, 0.25) is 0 Å². The number of esters is 2. The monoisotopic (exact) mass is 618 g/mol. The number of aromatic carboxylic acids is 1. The molecular formula is C33H30O12. The Morgan fingerprint density at radius 1 is 0.667 bits per heavy atom. The molecule has 0 fully saturated rings. The highest BCUT2D eigenvalue weighted by atomic mass is 16.5. The summed E-state index contributed by atoms with van der Waals surface area (Å²) in [6.45, 7) is 0.978. The molecule has 0 saturated heterocycles. The first-order chi connectivity index (χ1) is 21.5. The molecule has 0 bridgehead atoms. The molecule has 0 aliphatic rings. The lowest BCUT2D eigenvalue weighted by atomic mass is 9.95. The number of carboxylic acid groups (broad SMARTS) is 1. The molecule has 12 heteroatoms. The summed E-state index contributed by atoms with van der Waals surface area (Å²) < 4.78 is 26.4. The first-order valence-electron chi connectivity index (χ1n) is 13.3. The van der Waals surface area contributed by atoms with Gasteiger partial charge in [0, 0.05) is 11.1 Å². The van der Waals surface area contributed by atoms with Crippen molar-refractivity contribution < 1.29 is 58.5 Å². The van der Waals surface area contributed by atoms with Crippen molar-refractivity contribution in [3.05, 3.63) is 94.0 Å². The van der Waals surface area contributed by atoms with Gasteiger partial charge < -0.3 is 44.1 Å². The van der Waals surface area contributed by atoms with E-state index in [0.717, 1.165) is 0 Å². The molecule has 12 nitrogen and oxygen atoms in total. The molecule has 0 aliphatic heterocycles. The first kappa shape index (κ1) is 32.0. The van der Waals surface area contributed by atoms with Gasteiger partial charge >= 0.3 is 17.9 Å². The van der Waals surface area contributed by atoms with Gasteiger partial charge in [-0.2, -0.15) is 0 Å². The molecular weight excluding hydrogens is 588 g/mol. The molecule has 0 heterocycles. The highest BCUT2D eigenvalue weighted by Gasteiger charge is 2.22. The Labute approximate surface area is 257 Å². The van der Waals surface area contributed by atoms with Crippen LogP contribution in [0.5, 0.6) is 34.5 Å². The summed E-state index contributed by atoms with van der Waals surface area (Å²) in [5.74, 6) is -3.16. The Balaban J connectivity index is 1.70. The van der Waals surface area contributed by atoms with Crippen LogP contribution in [-0.4, -0.2) is 59.7 Å². The number of hydrogen-bond acceptors (Lipinski definition) is 11. The van der Waals surface area contributed by atoms with Crippen LogP contribution in [0.25, 0.3) is 11.1 Å². The minimum atomic E-state index is -1.24. The highest BCUT2D eigenvalue weighted by Crippen LogP contribution is 2.42. The number of benzene rings is 4. The van der Waals surface area contributed by atoms with Gasteiger partial charge in [0.15, 0.2) is 34.5 Å². The van der Waals surface area contributed by atoms with E-state index in [1.807, 2.05) is 0 Å². The summed E-state index contributed by atoms with van der Waals surface area (Å²) >= 11 is 0. The molecule has 0 saturated carbocycles. The molecule has 0 aliphatic carbocycles. The molecule has 4 aromatic rings. The van der Waals surface area contributed by atoms with Gasteiger partial charge in [0.05, 0.1) is 38.0 Å². The number of ether oxygens (including phenoxy) is 5. The topological polar surface area (TPSA) is 178 Å². The van der Waals surface area contributed by atoms with Gasteiger partial charge in [-0.1, -0.05) is 0 Å². The Hall–Kier alpha value is -5.91. The lowest BCUT2D eigenvalue weighted by Crippen LogP contribution is -2.08. The second-order valence-electron chi connectivity index (χ2n) is 9.75. The average Bonchev–Trinajstić information content (AvgIpc) is 3.03. The second-order valence-corrected chi connectivity index (χ2v) is 9.75. The van der Waals surface area contributed by atoms with Crippen LogP contribution in [-0.2, 0) is 22.7 Å². The number of carbonyl (C=O) groups excluding carboxylic acids is 2. The molecule has 0 atom stereocenters. The van der Waals surface area contributed by atoms with Gasteiger partial charge in [0.1, 0.15) is 13.2 Å². The van der Waals surface area contributed by atoms with Gasteiger partial charge in [0.2, 0.25) is 0 Å². The first-order valence-corrected chi connectivity index (χ1v) is 13.3. The van der Waals surface area contributed by atoms with E-state index >= 15 is 0 Å². The summed E-state index contributed by atoms with van der Waals surface area (Å²) in [6.07, 6.45) is 0. The van der Waals surface area contributed by atoms with E-state index in [1.54, 1.807) is 18.2 Å². The van der Waals surface area contributed by atoms with Crippen LogP contribution >= 0.6 is 0 Å². The minimum absolute atomic E-state index is 0.0303. The van der Waals surface area contributed by atoms with Crippen molar-refractivity contribution in [2.75, 3.05) is 21.3 Å². The number of phenolic OH excluding ortho intramolecular Hbond substituents is 3. The molecule has 0 aromatic heterocycles. The van der Waals surface area contributed by atoms with Crippen molar-refractivity contribution in [3.63, 3.8) is 0 Å². The van der Waals surface area contributed by atoms with Crippen molar-refractivity contribution in [3.8, 4) is 45.6 Å². The van der Waals surface area contributed by atoms with Gasteiger partial charge in [-0.05, 0) is 84.3 Å². The van der Waals surface area contributed by atoms with Crippen molar-refractivity contribution >= 4 is 17.9 Å². The number of phenols is 3. The predicted octanol–water partition coefficient (Wildman–Crippen LogP) is 5.22. The molecule has 4 aromatic carbocycles. The third-order valence-electron chi connectivity index (χ3n) is 6.87. The van der Waals surface area contributed by atoms with E-state index in [1.165, 1.54) is 70.7 Å². The van der Waals surface area contributed by atoms with Crippen molar-refractivity contribution in [2.45, 2.75) is 20.1 Å². The maximum Gasteiger partial charge on any atom is 0.338 e. The van der Waals surface area contributed by atoms with E-state index in [4.69, 9.17) is 23.7 Å². The highest BCUT2D eigenvalue weighted by molar-refractivity contribution is 5.94.